The largest absolute Gasteiger partial charge is 0.631 e. The fourth-order valence-corrected chi connectivity index (χ4v) is 13.3. The Morgan fingerprint density at radius 3 is 0.442 bits per heavy atom. The molecular formula is C36H84BO3P3. The zero-order valence-electron chi connectivity index (χ0n) is 31.4. The van der Waals surface area contributed by atoms with Gasteiger partial charge in [0.1, 0.15) is 0 Å². The monoisotopic (exact) mass is 669 g/mol. The quantitative estimate of drug-likeness (QED) is 0.0603. The van der Waals surface area contributed by atoms with E-state index < -0.39 is 7.32 Å². The Balaban J connectivity index is -0.000000249. The number of rotatable bonds is 27. The lowest BCUT2D eigenvalue weighted by Gasteiger charge is -2.16. The molecule has 0 aliphatic rings. The maximum absolute atomic E-state index is 7.17. The van der Waals surface area contributed by atoms with Gasteiger partial charge in [0, 0.05) is 0 Å². The van der Waals surface area contributed by atoms with Gasteiger partial charge >= 0.3 is 7.32 Å². The van der Waals surface area contributed by atoms with E-state index in [0.29, 0.717) is 23.8 Å². The first kappa shape index (κ1) is 51.1. The molecule has 0 fully saturated rings. The first-order chi connectivity index (χ1) is 20.8. The third kappa shape index (κ3) is 53.0. The zero-order chi connectivity index (χ0) is 33.4. The second-order valence-corrected chi connectivity index (χ2v) is 20.1. The molecule has 43 heavy (non-hydrogen) atoms. The van der Waals surface area contributed by atoms with E-state index >= 15 is 0 Å². The molecule has 0 atom stereocenters. The Morgan fingerprint density at radius 1 is 0.279 bits per heavy atom. The smallest absolute Gasteiger partial charge is 0.402 e. The molecule has 0 aromatic heterocycles. The van der Waals surface area contributed by atoms with Gasteiger partial charge in [-0.1, -0.05) is 120 Å². The van der Waals surface area contributed by atoms with E-state index in [1.165, 1.54) is 116 Å². The minimum Gasteiger partial charge on any atom is -0.402 e. The van der Waals surface area contributed by atoms with Crippen LogP contribution >= 0.6 is 23.8 Å². The summed E-state index contributed by atoms with van der Waals surface area (Å²) in [7, 11) is -0.902. The second kappa shape index (κ2) is 47.6. The van der Waals surface area contributed by atoms with E-state index in [-0.39, 0.29) is 0 Å². The molecule has 0 aromatic rings. The number of unbranched alkanes of at least 4 members (excludes halogenated alkanes) is 9. The topological polar surface area (TPSA) is 60.7 Å². The summed E-state index contributed by atoms with van der Waals surface area (Å²) in [5.41, 5.74) is 0. The van der Waals surface area contributed by atoms with Crippen LogP contribution in [0.15, 0.2) is 0 Å². The van der Waals surface area contributed by atoms with Crippen molar-refractivity contribution in [2.45, 2.75) is 178 Å². The molecule has 0 saturated heterocycles. The molecule has 0 aliphatic heterocycles. The van der Waals surface area contributed by atoms with Crippen LogP contribution in [0.25, 0.3) is 0 Å². The zero-order valence-corrected chi connectivity index (χ0v) is 34.0. The highest BCUT2D eigenvalue weighted by Crippen LogP contribution is 2.40. The lowest BCUT2D eigenvalue weighted by Crippen LogP contribution is -2.07. The molecule has 0 heterocycles. The van der Waals surface area contributed by atoms with Gasteiger partial charge in [0.05, 0.1) is 0 Å². The Bertz CT molecular complexity index is 331. The molecule has 3 N–H and O–H groups in total. The highest BCUT2D eigenvalue weighted by Gasteiger charge is 2.07. The van der Waals surface area contributed by atoms with E-state index in [1.54, 1.807) is 55.5 Å². The third-order valence-corrected chi connectivity index (χ3v) is 16.0. The molecule has 0 rings (SSSR count). The summed E-state index contributed by atoms with van der Waals surface area (Å²) in [5.74, 6) is 0. The maximum atomic E-state index is 7.17. The van der Waals surface area contributed by atoms with Crippen LogP contribution in [0.5, 0.6) is 0 Å². The van der Waals surface area contributed by atoms with Crippen molar-refractivity contribution in [3.8, 4) is 0 Å². The van der Waals surface area contributed by atoms with Crippen molar-refractivity contribution in [2.24, 2.45) is 0 Å². The van der Waals surface area contributed by atoms with Crippen molar-refractivity contribution in [2.75, 3.05) is 55.5 Å². The summed E-state index contributed by atoms with van der Waals surface area (Å²) in [6.07, 6.45) is 39.6. The van der Waals surface area contributed by atoms with Crippen molar-refractivity contribution < 1.29 is 15.1 Å². The molecule has 0 unspecified atom stereocenters. The predicted molar refractivity (Wildman–Crippen MR) is 211 cm³/mol. The molecule has 0 aromatic carbocycles. The first-order valence-electron chi connectivity index (χ1n) is 19.0. The Hall–Kier alpha value is 1.23. The standard InChI is InChI=1S/3C12H27P.BH3O3/c3*1-4-7-10-13(11-8-5-2)12-9-6-3;2-1(3)4/h3*4-12H2,1-3H3;2-4H. The van der Waals surface area contributed by atoms with Gasteiger partial charge in [-0.25, -0.2) is 0 Å². The summed E-state index contributed by atoms with van der Waals surface area (Å²) in [4.78, 5) is 0. The third-order valence-electron chi connectivity index (χ3n) is 7.45. The van der Waals surface area contributed by atoms with E-state index in [2.05, 4.69) is 62.3 Å². The first-order valence-corrected chi connectivity index (χ1v) is 24.7. The minimum absolute atomic E-state index is 0.422. The fourth-order valence-electron chi connectivity index (χ4n) is 4.44. The SMILES string of the molecule is CCCCP(CCCC)CCCC.CCCCP(CCCC)CCCC.CCCCP(CCCC)CCCC.OB(O)O. The predicted octanol–water partition coefficient (Wildman–Crippen LogP) is 12.6. The second-order valence-electron chi connectivity index (χ2n) is 12.1. The van der Waals surface area contributed by atoms with Gasteiger partial charge < -0.3 is 15.1 Å². The summed E-state index contributed by atoms with van der Waals surface area (Å²) in [6, 6.07) is 0. The molecule has 0 saturated carbocycles. The summed E-state index contributed by atoms with van der Waals surface area (Å²) >= 11 is 0. The highest BCUT2D eigenvalue weighted by molar-refractivity contribution is 7.58. The highest BCUT2D eigenvalue weighted by atomic mass is 31.1. The van der Waals surface area contributed by atoms with Gasteiger partial charge in [-0.3, -0.25) is 0 Å². The van der Waals surface area contributed by atoms with Crippen LogP contribution in [-0.4, -0.2) is 77.9 Å². The van der Waals surface area contributed by atoms with Gasteiger partial charge in [0.15, 0.2) is 0 Å². The summed E-state index contributed by atoms with van der Waals surface area (Å²) in [6.45, 7) is 20.8. The summed E-state index contributed by atoms with van der Waals surface area (Å²) in [5, 5.41) is 21.5. The molecule has 0 spiro atoms. The average molecular weight is 669 g/mol. The van der Waals surface area contributed by atoms with Crippen molar-refractivity contribution >= 4 is 31.1 Å². The Labute approximate surface area is 278 Å². The van der Waals surface area contributed by atoms with E-state index in [9.17, 15) is 0 Å². The molecule has 264 valence electrons. The molecule has 0 radical (unpaired) electrons. The van der Waals surface area contributed by atoms with Crippen LogP contribution in [0.2, 0.25) is 0 Å². The van der Waals surface area contributed by atoms with E-state index in [0.717, 1.165) is 0 Å². The van der Waals surface area contributed by atoms with Crippen LogP contribution in [0.1, 0.15) is 178 Å². The van der Waals surface area contributed by atoms with Crippen LogP contribution in [0, 0.1) is 0 Å². The number of hydrogen-bond acceptors (Lipinski definition) is 3. The van der Waals surface area contributed by atoms with E-state index in [4.69, 9.17) is 15.1 Å². The minimum atomic E-state index is -2.17. The van der Waals surface area contributed by atoms with Crippen LogP contribution in [0.4, 0.5) is 0 Å². The Kier molecular flexibility index (Phi) is 56.6. The van der Waals surface area contributed by atoms with Crippen molar-refractivity contribution in [3.63, 3.8) is 0 Å². The van der Waals surface area contributed by atoms with Crippen molar-refractivity contribution in [3.05, 3.63) is 0 Å². The van der Waals surface area contributed by atoms with Crippen molar-refractivity contribution in [1.29, 1.82) is 0 Å². The van der Waals surface area contributed by atoms with Gasteiger partial charge in [-0.2, -0.15) is 0 Å². The van der Waals surface area contributed by atoms with Gasteiger partial charge in [0.25, 0.3) is 0 Å². The lowest BCUT2D eigenvalue weighted by atomic mass is 10.3. The lowest BCUT2D eigenvalue weighted by molar-refractivity contribution is 0.278. The Morgan fingerprint density at radius 2 is 0.372 bits per heavy atom. The fraction of sp³-hybridized carbons (Fsp3) is 1.00. The molecule has 0 bridgehead atoms. The van der Waals surface area contributed by atoms with E-state index in [1.807, 2.05) is 0 Å². The molecule has 0 amide bonds. The molecule has 3 nitrogen and oxygen atoms in total. The van der Waals surface area contributed by atoms with Gasteiger partial charge in [-0.05, 0) is 113 Å². The van der Waals surface area contributed by atoms with Crippen LogP contribution in [-0.2, 0) is 0 Å². The molecule has 7 heteroatoms. The number of hydrogen-bond donors (Lipinski definition) is 3. The molecular weight excluding hydrogens is 584 g/mol. The molecule has 0 aliphatic carbocycles. The van der Waals surface area contributed by atoms with Crippen molar-refractivity contribution in [1.82, 2.24) is 0 Å². The van der Waals surface area contributed by atoms with Crippen LogP contribution < -0.4 is 0 Å². The normalized spacial score (nSPS) is 10.7. The van der Waals surface area contributed by atoms with Gasteiger partial charge in [-0.15, -0.1) is 23.8 Å². The summed E-state index contributed by atoms with van der Waals surface area (Å²) < 4.78 is 0. The van der Waals surface area contributed by atoms with Crippen LogP contribution in [0.3, 0.4) is 0 Å². The maximum Gasteiger partial charge on any atom is 0.631 e. The average Bonchev–Trinajstić information content (AvgIpc) is 3.00. The van der Waals surface area contributed by atoms with Gasteiger partial charge in [0.2, 0.25) is 0 Å².